The second kappa shape index (κ2) is 7.88. The highest BCUT2D eigenvalue weighted by atomic mass is 79.9. The van der Waals surface area contributed by atoms with Crippen molar-refractivity contribution in [3.63, 3.8) is 0 Å². The number of methoxy groups -OCH3 is 2. The highest BCUT2D eigenvalue weighted by molar-refractivity contribution is 9.10. The van der Waals surface area contributed by atoms with Crippen molar-refractivity contribution in [2.24, 2.45) is 0 Å². The van der Waals surface area contributed by atoms with Crippen molar-refractivity contribution in [2.45, 2.75) is 11.3 Å². The van der Waals surface area contributed by atoms with Crippen molar-refractivity contribution in [3.8, 4) is 11.5 Å². The Hall–Kier alpha value is -2.06. The molecule has 0 spiro atoms. The molecule has 0 saturated heterocycles. The molecule has 0 saturated carbocycles. The van der Waals surface area contributed by atoms with E-state index in [9.17, 15) is 13.2 Å². The molecule has 6 nitrogen and oxygen atoms in total. The Kier molecular flexibility index (Phi) is 6.07. The smallest absolute Gasteiger partial charge is 0.228 e. The minimum Gasteiger partial charge on any atom is -0.493 e. The van der Waals surface area contributed by atoms with E-state index in [0.29, 0.717) is 21.7 Å². The lowest BCUT2D eigenvalue weighted by Gasteiger charge is -2.12. The number of amides is 1. The van der Waals surface area contributed by atoms with Crippen LogP contribution in [0.15, 0.2) is 45.8 Å². The summed E-state index contributed by atoms with van der Waals surface area (Å²) < 4.78 is 34.3. The van der Waals surface area contributed by atoms with Crippen LogP contribution in [0.25, 0.3) is 0 Å². The third kappa shape index (κ3) is 4.96. The van der Waals surface area contributed by atoms with Crippen LogP contribution in [0.4, 0.5) is 5.69 Å². The van der Waals surface area contributed by atoms with Crippen molar-refractivity contribution in [3.05, 3.63) is 46.4 Å². The van der Waals surface area contributed by atoms with Gasteiger partial charge in [-0.2, -0.15) is 0 Å². The topological polar surface area (TPSA) is 81.7 Å². The van der Waals surface area contributed by atoms with Gasteiger partial charge >= 0.3 is 0 Å². The largest absolute Gasteiger partial charge is 0.493 e. The van der Waals surface area contributed by atoms with Crippen LogP contribution in [0.3, 0.4) is 0 Å². The van der Waals surface area contributed by atoms with Gasteiger partial charge in [-0.3, -0.25) is 4.79 Å². The van der Waals surface area contributed by atoms with Crippen molar-refractivity contribution in [1.29, 1.82) is 0 Å². The fourth-order valence-electron chi connectivity index (χ4n) is 2.21. The van der Waals surface area contributed by atoms with E-state index >= 15 is 0 Å². The number of benzene rings is 2. The summed E-state index contributed by atoms with van der Waals surface area (Å²) in [5, 5.41) is 2.70. The molecule has 2 aromatic carbocycles. The zero-order valence-electron chi connectivity index (χ0n) is 14.0. The predicted octanol–water partition coefficient (Wildman–Crippen LogP) is 3.05. The molecule has 0 unspecified atom stereocenters. The summed E-state index contributed by atoms with van der Waals surface area (Å²) in [6, 6.07) is 9.57. The number of sulfone groups is 1. The Labute approximate surface area is 155 Å². The maximum absolute atomic E-state index is 12.3. The number of hydrogen-bond donors (Lipinski definition) is 1. The zero-order valence-corrected chi connectivity index (χ0v) is 16.4. The van der Waals surface area contributed by atoms with Gasteiger partial charge in [-0.05, 0) is 35.9 Å². The third-order valence-corrected chi connectivity index (χ3v) is 5.30. The summed E-state index contributed by atoms with van der Waals surface area (Å²) in [5.74, 6) is 0.797. The molecule has 0 bridgehead atoms. The number of rotatable bonds is 6. The van der Waals surface area contributed by atoms with E-state index in [-0.39, 0.29) is 17.2 Å². The van der Waals surface area contributed by atoms with Gasteiger partial charge in [-0.1, -0.05) is 22.0 Å². The predicted molar refractivity (Wildman–Crippen MR) is 99.1 cm³/mol. The fourth-order valence-corrected chi connectivity index (χ4v) is 3.34. The number of anilines is 1. The molecular formula is C17H18BrNO5S. The molecule has 1 N–H and O–H groups in total. The minimum atomic E-state index is -3.33. The van der Waals surface area contributed by atoms with Crippen molar-refractivity contribution >= 4 is 37.4 Å². The summed E-state index contributed by atoms with van der Waals surface area (Å²) in [6.45, 7) is 0. The lowest BCUT2D eigenvalue weighted by atomic mass is 10.1. The molecule has 0 radical (unpaired) electrons. The quantitative estimate of drug-likeness (QED) is 0.765. The Morgan fingerprint density at radius 1 is 1.12 bits per heavy atom. The molecule has 0 fully saturated rings. The number of carbonyl (C=O) groups is 1. The number of hydrogen-bond acceptors (Lipinski definition) is 5. The lowest BCUT2D eigenvalue weighted by molar-refractivity contribution is -0.115. The number of nitrogens with one attached hydrogen (secondary N) is 1. The van der Waals surface area contributed by atoms with E-state index in [4.69, 9.17) is 9.47 Å². The molecule has 0 heterocycles. The number of halogens is 1. The Morgan fingerprint density at radius 3 is 2.36 bits per heavy atom. The van der Waals surface area contributed by atoms with Gasteiger partial charge in [-0.15, -0.1) is 0 Å². The van der Waals surface area contributed by atoms with Gasteiger partial charge in [0.25, 0.3) is 0 Å². The molecular weight excluding hydrogens is 410 g/mol. The van der Waals surface area contributed by atoms with Crippen LogP contribution < -0.4 is 14.8 Å². The third-order valence-electron chi connectivity index (χ3n) is 3.45. The van der Waals surface area contributed by atoms with Gasteiger partial charge in [-0.25, -0.2) is 8.42 Å². The molecule has 0 aliphatic heterocycles. The molecule has 0 aromatic heterocycles. The van der Waals surface area contributed by atoms with Gasteiger partial charge < -0.3 is 14.8 Å². The standard InChI is InChI=1S/C17H18BrNO5S/c1-23-15-7-11(14(18)10-16(15)24-2)8-17(20)19-12-5-4-6-13(9-12)25(3,21)22/h4-7,9-10H,8H2,1-3H3,(H,19,20). The Bertz CT molecular complexity index is 896. The van der Waals surface area contributed by atoms with E-state index < -0.39 is 9.84 Å². The zero-order chi connectivity index (χ0) is 18.6. The molecule has 0 aliphatic carbocycles. The SMILES string of the molecule is COc1cc(Br)c(CC(=O)Nc2cccc(S(C)(=O)=O)c2)cc1OC. The van der Waals surface area contributed by atoms with Crippen LogP contribution in [-0.4, -0.2) is 34.8 Å². The Balaban J connectivity index is 2.18. The summed E-state index contributed by atoms with van der Waals surface area (Å²) in [5.41, 5.74) is 1.14. The van der Waals surface area contributed by atoms with E-state index in [2.05, 4.69) is 21.2 Å². The summed E-state index contributed by atoms with van der Waals surface area (Å²) in [4.78, 5) is 12.4. The van der Waals surface area contributed by atoms with Gasteiger partial charge in [0.2, 0.25) is 5.91 Å². The average molecular weight is 428 g/mol. The van der Waals surface area contributed by atoms with Gasteiger partial charge in [0.1, 0.15) is 0 Å². The first kappa shape index (κ1) is 19.3. The van der Waals surface area contributed by atoms with Crippen LogP contribution in [0.5, 0.6) is 11.5 Å². The van der Waals surface area contributed by atoms with Crippen LogP contribution >= 0.6 is 15.9 Å². The molecule has 2 aromatic rings. The summed E-state index contributed by atoms with van der Waals surface area (Å²) >= 11 is 3.41. The minimum absolute atomic E-state index is 0.0873. The maximum Gasteiger partial charge on any atom is 0.228 e. The normalized spacial score (nSPS) is 11.0. The molecule has 1 amide bonds. The number of ether oxygens (including phenoxy) is 2. The highest BCUT2D eigenvalue weighted by Gasteiger charge is 2.14. The van der Waals surface area contributed by atoms with Crippen LogP contribution in [0, 0.1) is 0 Å². The molecule has 25 heavy (non-hydrogen) atoms. The van der Waals surface area contributed by atoms with Gasteiger partial charge in [0.15, 0.2) is 21.3 Å². The van der Waals surface area contributed by atoms with Gasteiger partial charge in [0, 0.05) is 16.4 Å². The van der Waals surface area contributed by atoms with E-state index in [0.717, 1.165) is 11.8 Å². The molecule has 2 rings (SSSR count). The second-order valence-electron chi connectivity index (χ2n) is 5.32. The maximum atomic E-state index is 12.3. The second-order valence-corrected chi connectivity index (χ2v) is 8.19. The van der Waals surface area contributed by atoms with E-state index in [1.54, 1.807) is 24.3 Å². The molecule has 134 valence electrons. The lowest BCUT2D eigenvalue weighted by Crippen LogP contribution is -2.15. The van der Waals surface area contributed by atoms with E-state index in [1.807, 2.05) is 0 Å². The Morgan fingerprint density at radius 2 is 1.76 bits per heavy atom. The van der Waals surface area contributed by atoms with Crippen LogP contribution in [0.2, 0.25) is 0 Å². The van der Waals surface area contributed by atoms with Crippen LogP contribution in [-0.2, 0) is 21.1 Å². The van der Waals surface area contributed by atoms with E-state index in [1.165, 1.54) is 26.4 Å². The first-order chi connectivity index (χ1) is 11.7. The summed E-state index contributed by atoms with van der Waals surface area (Å²) in [7, 11) is -0.279. The first-order valence-electron chi connectivity index (χ1n) is 7.25. The van der Waals surface area contributed by atoms with Crippen LogP contribution in [0.1, 0.15) is 5.56 Å². The molecule has 0 aliphatic rings. The fraction of sp³-hybridized carbons (Fsp3) is 0.235. The molecule has 0 atom stereocenters. The number of carbonyl (C=O) groups excluding carboxylic acids is 1. The first-order valence-corrected chi connectivity index (χ1v) is 9.93. The monoisotopic (exact) mass is 427 g/mol. The van der Waals surface area contributed by atoms with Gasteiger partial charge in [0.05, 0.1) is 25.5 Å². The van der Waals surface area contributed by atoms with Crippen molar-refractivity contribution < 1.29 is 22.7 Å². The van der Waals surface area contributed by atoms with Crippen molar-refractivity contribution in [1.82, 2.24) is 0 Å². The summed E-state index contributed by atoms with van der Waals surface area (Å²) in [6.07, 6.45) is 1.21. The molecule has 8 heteroatoms. The van der Waals surface area contributed by atoms with Crippen molar-refractivity contribution in [2.75, 3.05) is 25.8 Å². The highest BCUT2D eigenvalue weighted by Crippen LogP contribution is 2.33. The average Bonchev–Trinajstić information content (AvgIpc) is 2.55.